The second-order valence-corrected chi connectivity index (χ2v) is 7.74. The molecule has 1 aromatic rings. The van der Waals surface area contributed by atoms with Crippen molar-refractivity contribution in [2.75, 3.05) is 33.8 Å². The summed E-state index contributed by atoms with van der Waals surface area (Å²) in [6.07, 6.45) is 4.30. The maximum Gasteiger partial charge on any atom is 0.259 e. The van der Waals surface area contributed by atoms with Crippen LogP contribution in [0.1, 0.15) is 42.5 Å². The fourth-order valence-electron chi connectivity index (χ4n) is 3.99. The summed E-state index contributed by atoms with van der Waals surface area (Å²) in [7, 11) is 4.02. The van der Waals surface area contributed by atoms with Crippen LogP contribution in [0.5, 0.6) is 0 Å². The predicted molar refractivity (Wildman–Crippen MR) is 98.8 cm³/mol. The molecule has 7 heteroatoms. The highest BCUT2D eigenvalue weighted by molar-refractivity contribution is 5.98. The van der Waals surface area contributed by atoms with Crippen molar-refractivity contribution in [3.8, 4) is 0 Å². The molecule has 27 heavy (non-hydrogen) atoms. The van der Waals surface area contributed by atoms with E-state index in [0.717, 1.165) is 25.8 Å². The van der Waals surface area contributed by atoms with Crippen molar-refractivity contribution in [1.82, 2.24) is 10.2 Å². The fourth-order valence-corrected chi connectivity index (χ4v) is 3.99. The molecule has 1 aromatic carbocycles. The standard InChI is InChI=1S/C20H28FN3O3/c1-23(2)13-12-22-18(25)17-14-27-20(10-6-3-7-11-20)24(17)19(26)15-8-4-5-9-16(15)21/h4-5,8-9,17H,3,6-7,10-14H2,1-2H3,(H,22,25)/p+1/t17-/m1/s1. The van der Waals surface area contributed by atoms with Crippen LogP contribution in [-0.4, -0.2) is 62.3 Å². The molecular formula is C20H29FN3O3+. The van der Waals surface area contributed by atoms with Gasteiger partial charge in [0.15, 0.2) is 0 Å². The van der Waals surface area contributed by atoms with Crippen LogP contribution in [0.2, 0.25) is 0 Å². The van der Waals surface area contributed by atoms with Crippen molar-refractivity contribution in [3.63, 3.8) is 0 Å². The van der Waals surface area contributed by atoms with Gasteiger partial charge in [-0.15, -0.1) is 0 Å². The third-order valence-corrected chi connectivity index (χ3v) is 5.45. The van der Waals surface area contributed by atoms with Crippen LogP contribution < -0.4 is 10.2 Å². The number of likely N-dealkylation sites (N-methyl/N-ethyl adjacent to an activating group) is 1. The molecule has 1 atom stereocenters. The van der Waals surface area contributed by atoms with Crippen molar-refractivity contribution in [1.29, 1.82) is 0 Å². The third kappa shape index (κ3) is 4.14. The molecule has 1 aliphatic carbocycles. The highest BCUT2D eigenvalue weighted by Gasteiger charge is 2.53. The number of rotatable bonds is 5. The van der Waals surface area contributed by atoms with Crippen LogP contribution in [0.4, 0.5) is 4.39 Å². The highest BCUT2D eigenvalue weighted by atomic mass is 19.1. The highest BCUT2D eigenvalue weighted by Crippen LogP contribution is 2.41. The second-order valence-electron chi connectivity index (χ2n) is 7.74. The number of nitrogens with one attached hydrogen (secondary N) is 2. The fraction of sp³-hybridized carbons (Fsp3) is 0.600. The van der Waals surface area contributed by atoms with Crippen LogP contribution in [0.3, 0.4) is 0 Å². The number of amides is 2. The third-order valence-electron chi connectivity index (χ3n) is 5.45. The van der Waals surface area contributed by atoms with E-state index in [1.54, 1.807) is 12.1 Å². The van der Waals surface area contributed by atoms with Crippen molar-refractivity contribution >= 4 is 11.8 Å². The van der Waals surface area contributed by atoms with E-state index in [1.807, 2.05) is 14.1 Å². The van der Waals surface area contributed by atoms with Gasteiger partial charge in [0.2, 0.25) is 5.91 Å². The van der Waals surface area contributed by atoms with Crippen molar-refractivity contribution in [3.05, 3.63) is 35.6 Å². The predicted octanol–water partition coefficient (Wildman–Crippen LogP) is 0.588. The topological polar surface area (TPSA) is 63.1 Å². The Balaban J connectivity index is 1.85. The van der Waals surface area contributed by atoms with E-state index in [1.165, 1.54) is 21.9 Å². The number of hydrogen-bond acceptors (Lipinski definition) is 3. The van der Waals surface area contributed by atoms with E-state index in [4.69, 9.17) is 4.74 Å². The summed E-state index contributed by atoms with van der Waals surface area (Å²) >= 11 is 0. The van der Waals surface area contributed by atoms with Gasteiger partial charge in [0, 0.05) is 0 Å². The van der Waals surface area contributed by atoms with Crippen molar-refractivity contribution < 1.29 is 23.6 Å². The SMILES string of the molecule is C[NH+](C)CCNC(=O)[C@H]1COC2(CCCCC2)N1C(=O)c1ccccc1F. The van der Waals surface area contributed by atoms with Crippen LogP contribution in [0.25, 0.3) is 0 Å². The summed E-state index contributed by atoms with van der Waals surface area (Å²) in [4.78, 5) is 28.8. The van der Waals surface area contributed by atoms with Gasteiger partial charge in [-0.05, 0) is 37.8 Å². The van der Waals surface area contributed by atoms with Crippen molar-refractivity contribution in [2.45, 2.75) is 43.9 Å². The lowest BCUT2D eigenvalue weighted by molar-refractivity contribution is -0.856. The van der Waals surface area contributed by atoms with Gasteiger partial charge in [-0.2, -0.15) is 0 Å². The Bertz CT molecular complexity index is 689. The number of ether oxygens (including phenoxy) is 1. The molecule has 148 valence electrons. The first-order chi connectivity index (χ1) is 12.9. The minimum absolute atomic E-state index is 0.0107. The van der Waals surface area contributed by atoms with E-state index >= 15 is 0 Å². The van der Waals surface area contributed by atoms with Gasteiger partial charge in [0.25, 0.3) is 5.91 Å². The minimum Gasteiger partial charge on any atom is -0.353 e. The monoisotopic (exact) mass is 378 g/mol. The number of nitrogens with zero attached hydrogens (tertiary/aromatic N) is 1. The maximum absolute atomic E-state index is 14.3. The van der Waals surface area contributed by atoms with Gasteiger partial charge < -0.3 is 15.0 Å². The van der Waals surface area contributed by atoms with Crippen molar-refractivity contribution in [2.24, 2.45) is 0 Å². The van der Waals surface area contributed by atoms with Gasteiger partial charge in [0.05, 0.1) is 39.4 Å². The van der Waals surface area contributed by atoms with Crippen LogP contribution in [0.15, 0.2) is 24.3 Å². The first-order valence-electron chi connectivity index (χ1n) is 9.73. The van der Waals surface area contributed by atoms with E-state index in [2.05, 4.69) is 5.32 Å². The maximum atomic E-state index is 14.3. The number of benzene rings is 1. The first kappa shape index (κ1) is 19.8. The molecular weight excluding hydrogens is 349 g/mol. The summed E-state index contributed by atoms with van der Waals surface area (Å²) in [6.45, 7) is 1.46. The second kappa shape index (κ2) is 8.35. The van der Waals surface area contributed by atoms with Gasteiger partial charge in [-0.1, -0.05) is 18.6 Å². The zero-order chi connectivity index (χ0) is 19.4. The number of quaternary nitrogens is 1. The van der Waals surface area contributed by atoms with Crippen LogP contribution in [0, 0.1) is 5.82 Å². The molecule has 2 fully saturated rings. The minimum atomic E-state index is -0.799. The molecule has 1 saturated carbocycles. The lowest BCUT2D eigenvalue weighted by Gasteiger charge is -2.41. The average Bonchev–Trinajstić information content (AvgIpc) is 3.00. The molecule has 2 amide bonds. The zero-order valence-corrected chi connectivity index (χ0v) is 16.1. The van der Waals surface area contributed by atoms with E-state index in [0.29, 0.717) is 19.4 Å². The molecule has 3 rings (SSSR count). The lowest BCUT2D eigenvalue weighted by atomic mass is 9.89. The lowest BCUT2D eigenvalue weighted by Crippen LogP contribution is -3.06. The smallest absolute Gasteiger partial charge is 0.259 e. The summed E-state index contributed by atoms with van der Waals surface area (Å²) in [6, 6.07) is 5.20. The molecule has 0 aromatic heterocycles. The summed E-state index contributed by atoms with van der Waals surface area (Å²) < 4.78 is 20.3. The molecule has 2 N–H and O–H groups in total. The molecule has 0 bridgehead atoms. The first-order valence-corrected chi connectivity index (χ1v) is 9.73. The van der Waals surface area contributed by atoms with Gasteiger partial charge in [0.1, 0.15) is 17.6 Å². The molecule has 1 aliphatic heterocycles. The molecule has 0 radical (unpaired) electrons. The molecule has 1 saturated heterocycles. The Morgan fingerprint density at radius 1 is 1.26 bits per heavy atom. The van der Waals surface area contributed by atoms with E-state index < -0.39 is 23.5 Å². The number of carbonyl (C=O) groups is 2. The quantitative estimate of drug-likeness (QED) is 0.788. The van der Waals surface area contributed by atoms with Crippen LogP contribution >= 0.6 is 0 Å². The Hall–Kier alpha value is -1.99. The Kier molecular flexibility index (Phi) is 6.11. The normalized spacial score (nSPS) is 21.6. The molecule has 0 unspecified atom stereocenters. The number of halogens is 1. The van der Waals surface area contributed by atoms with E-state index in [-0.39, 0.29) is 18.1 Å². The Labute approximate surface area is 159 Å². The summed E-state index contributed by atoms with van der Waals surface area (Å²) in [5, 5.41) is 2.90. The van der Waals surface area contributed by atoms with Crippen LogP contribution in [-0.2, 0) is 9.53 Å². The van der Waals surface area contributed by atoms with Gasteiger partial charge in [-0.25, -0.2) is 4.39 Å². The van der Waals surface area contributed by atoms with Gasteiger partial charge >= 0.3 is 0 Å². The molecule has 1 spiro atoms. The Morgan fingerprint density at radius 3 is 2.63 bits per heavy atom. The average molecular weight is 378 g/mol. The van der Waals surface area contributed by atoms with Gasteiger partial charge in [-0.3, -0.25) is 14.5 Å². The summed E-state index contributed by atoms with van der Waals surface area (Å²) in [5.74, 6) is -1.27. The largest absolute Gasteiger partial charge is 0.353 e. The molecule has 1 heterocycles. The molecule has 2 aliphatic rings. The van der Waals surface area contributed by atoms with E-state index in [9.17, 15) is 14.0 Å². The zero-order valence-electron chi connectivity index (χ0n) is 16.1. The molecule has 6 nitrogen and oxygen atoms in total. The number of hydrogen-bond donors (Lipinski definition) is 2. The summed E-state index contributed by atoms with van der Waals surface area (Å²) in [5.41, 5.74) is -0.810. The number of carbonyl (C=O) groups excluding carboxylic acids is 2. The Morgan fingerprint density at radius 2 is 1.96 bits per heavy atom.